The van der Waals surface area contributed by atoms with Crippen molar-refractivity contribution in [1.29, 1.82) is 0 Å². The summed E-state index contributed by atoms with van der Waals surface area (Å²) in [7, 11) is 0. The molecule has 1 aromatic heterocycles. The minimum absolute atomic E-state index is 0.0709. The van der Waals surface area contributed by atoms with Gasteiger partial charge < -0.3 is 5.32 Å². The Labute approximate surface area is 123 Å². The summed E-state index contributed by atoms with van der Waals surface area (Å²) in [4.78, 5) is 16.1. The highest BCUT2D eigenvalue weighted by Gasteiger charge is 2.23. The van der Waals surface area contributed by atoms with Gasteiger partial charge in [-0.3, -0.25) is 9.78 Å². The van der Waals surface area contributed by atoms with Crippen molar-refractivity contribution in [2.75, 3.05) is 0 Å². The Bertz CT molecular complexity index is 635. The molecule has 3 rings (SSSR count). The lowest BCUT2D eigenvalue weighted by atomic mass is 10.1. The second-order valence-electron chi connectivity index (χ2n) is 5.48. The van der Waals surface area contributed by atoms with Crippen LogP contribution in [0.3, 0.4) is 0 Å². The number of hydrogen-bond donors (Lipinski definition) is 1. The normalized spacial score (nSPS) is 14.0. The molecule has 1 aromatic carbocycles. The average molecular weight is 284 g/mol. The molecule has 1 fully saturated rings. The molecule has 1 amide bonds. The first-order chi connectivity index (χ1) is 10.2. The van der Waals surface area contributed by atoms with E-state index in [1.165, 1.54) is 30.5 Å². The van der Waals surface area contributed by atoms with Gasteiger partial charge in [0, 0.05) is 18.9 Å². The lowest BCUT2D eigenvalue weighted by Gasteiger charge is -2.07. The molecule has 1 saturated carbocycles. The highest BCUT2D eigenvalue weighted by Crippen LogP contribution is 2.39. The molecule has 108 valence electrons. The molecule has 1 aliphatic carbocycles. The molecule has 4 heteroatoms. The van der Waals surface area contributed by atoms with Gasteiger partial charge >= 0.3 is 0 Å². The maximum atomic E-state index is 12.8. The molecule has 3 nitrogen and oxygen atoms in total. The summed E-state index contributed by atoms with van der Waals surface area (Å²) >= 11 is 0. The van der Waals surface area contributed by atoms with Crippen molar-refractivity contribution < 1.29 is 9.18 Å². The zero-order valence-electron chi connectivity index (χ0n) is 11.7. The standard InChI is InChI=1S/C17H17FN2O/c18-16-5-1-12(2-6-16)8-17(21)20-10-13-7-15(11-19-9-13)14-3-4-14/h1-2,5-7,9,11,14H,3-4,8,10H2,(H,20,21). The molecule has 0 radical (unpaired) electrons. The van der Waals surface area contributed by atoms with E-state index in [0.29, 0.717) is 12.5 Å². The molecule has 21 heavy (non-hydrogen) atoms. The van der Waals surface area contributed by atoms with E-state index in [-0.39, 0.29) is 18.1 Å². The van der Waals surface area contributed by atoms with Crippen LogP contribution in [0.25, 0.3) is 0 Å². The molecular weight excluding hydrogens is 267 g/mol. The molecule has 1 heterocycles. The van der Waals surface area contributed by atoms with E-state index < -0.39 is 0 Å². The summed E-state index contributed by atoms with van der Waals surface area (Å²) < 4.78 is 12.8. The van der Waals surface area contributed by atoms with Crippen LogP contribution in [0, 0.1) is 5.82 Å². The Morgan fingerprint density at radius 3 is 2.67 bits per heavy atom. The fraction of sp³-hybridized carbons (Fsp3) is 0.294. The Morgan fingerprint density at radius 1 is 1.19 bits per heavy atom. The predicted octanol–water partition coefficient (Wildman–Crippen LogP) is 2.96. The van der Waals surface area contributed by atoms with E-state index in [9.17, 15) is 9.18 Å². The third-order valence-electron chi connectivity index (χ3n) is 3.63. The van der Waals surface area contributed by atoms with Crippen LogP contribution in [0.5, 0.6) is 0 Å². The Morgan fingerprint density at radius 2 is 1.95 bits per heavy atom. The molecule has 1 aliphatic rings. The maximum Gasteiger partial charge on any atom is 0.224 e. The largest absolute Gasteiger partial charge is 0.352 e. The molecule has 0 bridgehead atoms. The molecule has 0 spiro atoms. The highest BCUT2D eigenvalue weighted by atomic mass is 19.1. The van der Waals surface area contributed by atoms with Crippen molar-refractivity contribution in [1.82, 2.24) is 10.3 Å². The molecule has 0 unspecified atom stereocenters. The van der Waals surface area contributed by atoms with Crippen LogP contribution in [0.4, 0.5) is 4.39 Å². The smallest absolute Gasteiger partial charge is 0.224 e. The second kappa shape index (κ2) is 6.04. The Balaban J connectivity index is 1.53. The van der Waals surface area contributed by atoms with Crippen LogP contribution < -0.4 is 5.32 Å². The minimum Gasteiger partial charge on any atom is -0.352 e. The van der Waals surface area contributed by atoms with Gasteiger partial charge in [0.25, 0.3) is 0 Å². The average Bonchev–Trinajstić information content (AvgIpc) is 3.33. The second-order valence-corrected chi connectivity index (χ2v) is 5.48. The van der Waals surface area contributed by atoms with E-state index >= 15 is 0 Å². The van der Waals surface area contributed by atoms with Gasteiger partial charge in [0.15, 0.2) is 0 Å². The molecule has 0 aliphatic heterocycles. The van der Waals surface area contributed by atoms with Gasteiger partial charge in [-0.2, -0.15) is 0 Å². The number of nitrogens with zero attached hydrogens (tertiary/aromatic N) is 1. The van der Waals surface area contributed by atoms with Crippen molar-refractivity contribution in [3.05, 3.63) is 65.2 Å². The number of pyridine rings is 1. The van der Waals surface area contributed by atoms with Crippen LogP contribution >= 0.6 is 0 Å². The molecule has 0 atom stereocenters. The van der Waals surface area contributed by atoms with Gasteiger partial charge in [0.05, 0.1) is 6.42 Å². The number of amides is 1. The Hall–Kier alpha value is -2.23. The fourth-order valence-electron chi connectivity index (χ4n) is 2.30. The third-order valence-corrected chi connectivity index (χ3v) is 3.63. The van der Waals surface area contributed by atoms with E-state index in [0.717, 1.165) is 11.1 Å². The molecule has 0 saturated heterocycles. The van der Waals surface area contributed by atoms with Crippen LogP contribution in [0.15, 0.2) is 42.7 Å². The zero-order chi connectivity index (χ0) is 14.7. The summed E-state index contributed by atoms with van der Waals surface area (Å²) in [6.07, 6.45) is 6.42. The third kappa shape index (κ3) is 3.88. The number of halogens is 1. The number of carbonyl (C=O) groups excluding carboxylic acids is 1. The SMILES string of the molecule is O=C(Cc1ccc(F)cc1)NCc1cncc(C2CC2)c1. The first-order valence-electron chi connectivity index (χ1n) is 7.15. The van der Waals surface area contributed by atoms with E-state index in [4.69, 9.17) is 0 Å². The first kappa shape index (κ1) is 13.7. The minimum atomic E-state index is -0.290. The lowest BCUT2D eigenvalue weighted by molar-refractivity contribution is -0.120. The van der Waals surface area contributed by atoms with Gasteiger partial charge in [0.2, 0.25) is 5.91 Å². The zero-order valence-corrected chi connectivity index (χ0v) is 11.7. The van der Waals surface area contributed by atoms with Gasteiger partial charge in [0.1, 0.15) is 5.82 Å². The number of hydrogen-bond acceptors (Lipinski definition) is 2. The fourth-order valence-corrected chi connectivity index (χ4v) is 2.30. The van der Waals surface area contributed by atoms with E-state index in [1.807, 2.05) is 6.20 Å². The summed E-state index contributed by atoms with van der Waals surface area (Å²) in [5.41, 5.74) is 3.09. The van der Waals surface area contributed by atoms with Gasteiger partial charge in [-0.1, -0.05) is 18.2 Å². The summed E-state index contributed by atoms with van der Waals surface area (Å²) in [6.45, 7) is 0.480. The topological polar surface area (TPSA) is 42.0 Å². The molecular formula is C17H17FN2O. The maximum absolute atomic E-state index is 12.8. The van der Waals surface area contributed by atoms with Crippen molar-refractivity contribution in [3.63, 3.8) is 0 Å². The van der Waals surface area contributed by atoms with Crippen molar-refractivity contribution in [2.24, 2.45) is 0 Å². The van der Waals surface area contributed by atoms with Crippen molar-refractivity contribution in [2.45, 2.75) is 31.7 Å². The van der Waals surface area contributed by atoms with E-state index in [1.54, 1.807) is 18.3 Å². The van der Waals surface area contributed by atoms with E-state index in [2.05, 4.69) is 16.4 Å². The van der Waals surface area contributed by atoms with Gasteiger partial charge in [-0.05, 0) is 47.6 Å². The first-order valence-corrected chi connectivity index (χ1v) is 7.15. The summed E-state index contributed by atoms with van der Waals surface area (Å²) in [5, 5.41) is 2.88. The summed E-state index contributed by atoms with van der Waals surface area (Å²) in [6, 6.07) is 8.11. The lowest BCUT2D eigenvalue weighted by Crippen LogP contribution is -2.24. The van der Waals surface area contributed by atoms with Crippen LogP contribution in [-0.4, -0.2) is 10.9 Å². The number of aromatic nitrogens is 1. The van der Waals surface area contributed by atoms with Gasteiger partial charge in [-0.15, -0.1) is 0 Å². The Kier molecular flexibility index (Phi) is 3.95. The highest BCUT2D eigenvalue weighted by molar-refractivity contribution is 5.78. The van der Waals surface area contributed by atoms with Crippen LogP contribution in [0.2, 0.25) is 0 Å². The monoisotopic (exact) mass is 284 g/mol. The van der Waals surface area contributed by atoms with Crippen LogP contribution in [0.1, 0.15) is 35.4 Å². The van der Waals surface area contributed by atoms with Crippen LogP contribution in [-0.2, 0) is 17.8 Å². The predicted molar refractivity (Wildman–Crippen MR) is 78.2 cm³/mol. The number of rotatable bonds is 5. The van der Waals surface area contributed by atoms with Crippen molar-refractivity contribution in [3.8, 4) is 0 Å². The van der Waals surface area contributed by atoms with Gasteiger partial charge in [-0.25, -0.2) is 4.39 Å². The number of benzene rings is 1. The summed E-state index contributed by atoms with van der Waals surface area (Å²) in [5.74, 6) is 0.299. The number of nitrogens with one attached hydrogen (secondary N) is 1. The van der Waals surface area contributed by atoms with Crippen molar-refractivity contribution >= 4 is 5.91 Å². The number of carbonyl (C=O) groups is 1. The quantitative estimate of drug-likeness (QED) is 0.917. The molecule has 2 aromatic rings. The molecule has 1 N–H and O–H groups in total.